The summed E-state index contributed by atoms with van der Waals surface area (Å²) in [6.45, 7) is 1.23. The molecule has 0 saturated carbocycles. The summed E-state index contributed by atoms with van der Waals surface area (Å²) in [7, 11) is 4.95. The third-order valence-electron chi connectivity index (χ3n) is 6.14. The third kappa shape index (κ3) is 3.25. The van der Waals surface area contributed by atoms with Gasteiger partial charge >= 0.3 is 0 Å². The Balaban J connectivity index is 1.83. The average molecular weight is 381 g/mol. The first-order valence-electron chi connectivity index (χ1n) is 9.74. The quantitative estimate of drug-likeness (QED) is 0.565. The molecule has 2 aromatic rings. The van der Waals surface area contributed by atoms with Crippen LogP contribution < -0.4 is 14.2 Å². The molecular formula is C23H27NO4. The zero-order valence-corrected chi connectivity index (χ0v) is 16.7. The molecule has 2 aliphatic rings. The number of hydrogen-bond acceptors (Lipinski definition) is 4. The number of rotatable bonds is 5. The summed E-state index contributed by atoms with van der Waals surface area (Å²) >= 11 is 0. The number of ether oxygens (including phenoxy) is 3. The van der Waals surface area contributed by atoms with Crippen LogP contribution in [0.15, 0.2) is 42.5 Å². The van der Waals surface area contributed by atoms with Gasteiger partial charge in [0.25, 0.3) is 0 Å². The van der Waals surface area contributed by atoms with Crippen LogP contribution in [0, 0.1) is 5.21 Å². The summed E-state index contributed by atoms with van der Waals surface area (Å²) in [6, 6.07) is 14.2. The highest BCUT2D eigenvalue weighted by Gasteiger charge is 2.40. The van der Waals surface area contributed by atoms with Gasteiger partial charge in [-0.15, -0.1) is 0 Å². The lowest BCUT2D eigenvalue weighted by atomic mass is 9.85. The molecule has 5 nitrogen and oxygen atoms in total. The minimum Gasteiger partial charge on any atom is -0.632 e. The van der Waals surface area contributed by atoms with Crippen molar-refractivity contribution in [1.82, 2.24) is 0 Å². The van der Waals surface area contributed by atoms with E-state index in [-0.39, 0.29) is 10.7 Å². The fraction of sp³-hybridized carbons (Fsp3) is 0.391. The first-order chi connectivity index (χ1) is 13.6. The fourth-order valence-corrected chi connectivity index (χ4v) is 4.58. The molecule has 28 heavy (non-hydrogen) atoms. The average Bonchev–Trinajstić information content (AvgIpc) is 3.12. The highest BCUT2D eigenvalue weighted by Crippen LogP contribution is 2.45. The summed E-state index contributed by atoms with van der Waals surface area (Å²) in [4.78, 5) is 0. The molecule has 4 rings (SSSR count). The molecule has 2 heterocycles. The Hall–Kier alpha value is -2.50. The van der Waals surface area contributed by atoms with E-state index in [1.165, 1.54) is 5.57 Å². The van der Waals surface area contributed by atoms with Crippen LogP contribution in [0.25, 0.3) is 11.1 Å². The van der Waals surface area contributed by atoms with Crippen LogP contribution in [0.5, 0.6) is 17.2 Å². The number of hydroxylamine groups is 3. The van der Waals surface area contributed by atoms with E-state index in [0.29, 0.717) is 24.6 Å². The van der Waals surface area contributed by atoms with E-state index in [2.05, 4.69) is 18.2 Å². The lowest BCUT2D eigenvalue weighted by Gasteiger charge is -2.48. The smallest absolute Gasteiger partial charge is 0.161 e. The molecular weight excluding hydrogens is 354 g/mol. The summed E-state index contributed by atoms with van der Waals surface area (Å²) in [6.07, 6.45) is 2.79. The first kappa shape index (κ1) is 18.8. The molecule has 0 radical (unpaired) electrons. The number of nitrogens with zero attached hydrogens (tertiary/aromatic N) is 1. The number of methoxy groups -OCH3 is 3. The predicted octanol–water partition coefficient (Wildman–Crippen LogP) is 4.50. The van der Waals surface area contributed by atoms with Crippen LogP contribution in [0.3, 0.4) is 0 Å². The molecule has 1 saturated heterocycles. The monoisotopic (exact) mass is 381 g/mol. The number of fused-ring (bicyclic) bond motifs is 1. The van der Waals surface area contributed by atoms with Gasteiger partial charge in [-0.1, -0.05) is 18.2 Å². The highest BCUT2D eigenvalue weighted by molar-refractivity contribution is 5.92. The molecule has 2 aromatic carbocycles. The zero-order chi connectivity index (χ0) is 19.7. The summed E-state index contributed by atoms with van der Waals surface area (Å²) in [5.74, 6) is 2.24. The molecule has 0 N–H and O–H groups in total. The highest BCUT2D eigenvalue weighted by atomic mass is 16.5. The molecule has 0 aliphatic carbocycles. The normalized spacial score (nSPS) is 24.1. The van der Waals surface area contributed by atoms with E-state index in [9.17, 15) is 5.21 Å². The SMILES string of the molecule is COc1ccc(C2=C(c3ccc(OC)c(OC)c3)CC3CCC[N+]3([O-])C2)cc1. The van der Waals surface area contributed by atoms with Crippen molar-refractivity contribution in [2.45, 2.75) is 25.3 Å². The molecule has 0 bridgehead atoms. The van der Waals surface area contributed by atoms with Crippen molar-refractivity contribution in [3.8, 4) is 17.2 Å². The van der Waals surface area contributed by atoms with Gasteiger partial charge in [0, 0.05) is 24.8 Å². The second-order valence-electron chi connectivity index (χ2n) is 7.59. The number of hydrogen-bond donors (Lipinski definition) is 0. The van der Waals surface area contributed by atoms with Gasteiger partial charge in [-0.25, -0.2) is 0 Å². The maximum absolute atomic E-state index is 13.4. The van der Waals surface area contributed by atoms with Crippen molar-refractivity contribution in [1.29, 1.82) is 0 Å². The Morgan fingerprint density at radius 2 is 1.57 bits per heavy atom. The predicted molar refractivity (Wildman–Crippen MR) is 110 cm³/mol. The van der Waals surface area contributed by atoms with E-state index in [1.807, 2.05) is 24.3 Å². The van der Waals surface area contributed by atoms with E-state index in [4.69, 9.17) is 14.2 Å². The van der Waals surface area contributed by atoms with Crippen LogP contribution >= 0.6 is 0 Å². The minimum absolute atomic E-state index is 0.0991. The van der Waals surface area contributed by atoms with Gasteiger partial charge in [-0.05, 0) is 41.0 Å². The van der Waals surface area contributed by atoms with Crippen LogP contribution in [-0.4, -0.2) is 45.1 Å². The standard InChI is InChI=1S/C23H27NO4/c1-26-19-9-6-16(7-10-19)21-15-24(25)12-4-5-18(24)14-20(21)17-8-11-22(27-2)23(13-17)28-3/h6-11,13,18H,4-5,12,14-15H2,1-3H3. The molecule has 0 amide bonds. The van der Waals surface area contributed by atoms with Crippen molar-refractivity contribution >= 4 is 11.1 Å². The molecule has 2 unspecified atom stereocenters. The van der Waals surface area contributed by atoms with Crippen LogP contribution in [0.4, 0.5) is 0 Å². The Morgan fingerprint density at radius 1 is 0.857 bits per heavy atom. The van der Waals surface area contributed by atoms with E-state index >= 15 is 0 Å². The Labute approximate surface area is 166 Å². The minimum atomic E-state index is -0.0991. The van der Waals surface area contributed by atoms with Crippen molar-refractivity contribution < 1.29 is 18.9 Å². The Morgan fingerprint density at radius 3 is 2.25 bits per heavy atom. The van der Waals surface area contributed by atoms with E-state index in [0.717, 1.165) is 41.7 Å². The number of quaternary nitrogens is 1. The topological polar surface area (TPSA) is 50.8 Å². The lowest BCUT2D eigenvalue weighted by molar-refractivity contribution is -0.885. The summed E-state index contributed by atoms with van der Waals surface area (Å²) < 4.78 is 16.1. The lowest BCUT2D eigenvalue weighted by Crippen LogP contribution is -2.49. The fourth-order valence-electron chi connectivity index (χ4n) is 4.58. The second kappa shape index (κ2) is 7.49. The number of benzene rings is 2. The molecule has 148 valence electrons. The van der Waals surface area contributed by atoms with Crippen molar-refractivity contribution in [2.24, 2.45) is 0 Å². The van der Waals surface area contributed by atoms with Gasteiger partial charge in [0.05, 0.1) is 33.9 Å². The third-order valence-corrected chi connectivity index (χ3v) is 6.14. The van der Waals surface area contributed by atoms with Crippen molar-refractivity contribution in [3.63, 3.8) is 0 Å². The molecule has 5 heteroatoms. The maximum Gasteiger partial charge on any atom is 0.161 e. The van der Waals surface area contributed by atoms with Gasteiger partial charge in [-0.3, -0.25) is 0 Å². The Bertz CT molecular complexity index is 890. The van der Waals surface area contributed by atoms with Gasteiger partial charge in [-0.2, -0.15) is 0 Å². The van der Waals surface area contributed by atoms with E-state index in [1.54, 1.807) is 21.3 Å². The first-order valence-corrected chi connectivity index (χ1v) is 9.74. The molecule has 2 aliphatic heterocycles. The van der Waals surface area contributed by atoms with Crippen LogP contribution in [0.1, 0.15) is 30.4 Å². The van der Waals surface area contributed by atoms with Gasteiger partial charge in [0.1, 0.15) is 12.3 Å². The molecule has 0 aromatic heterocycles. The van der Waals surface area contributed by atoms with Crippen molar-refractivity contribution in [3.05, 3.63) is 58.8 Å². The second-order valence-corrected chi connectivity index (χ2v) is 7.59. The van der Waals surface area contributed by atoms with Gasteiger partial charge < -0.3 is 24.1 Å². The van der Waals surface area contributed by atoms with Crippen LogP contribution in [-0.2, 0) is 0 Å². The zero-order valence-electron chi connectivity index (χ0n) is 16.7. The summed E-state index contributed by atoms with van der Waals surface area (Å²) in [5.41, 5.74) is 4.55. The van der Waals surface area contributed by atoms with E-state index < -0.39 is 0 Å². The van der Waals surface area contributed by atoms with Gasteiger partial charge in [0.2, 0.25) is 0 Å². The maximum atomic E-state index is 13.4. The van der Waals surface area contributed by atoms with Crippen LogP contribution in [0.2, 0.25) is 0 Å². The summed E-state index contributed by atoms with van der Waals surface area (Å²) in [5, 5.41) is 13.4. The molecule has 1 fully saturated rings. The van der Waals surface area contributed by atoms with Gasteiger partial charge in [0.15, 0.2) is 11.5 Å². The molecule has 0 spiro atoms. The molecule has 2 atom stereocenters. The largest absolute Gasteiger partial charge is 0.632 e. The Kier molecular flexibility index (Phi) is 5.04. The van der Waals surface area contributed by atoms with Crippen molar-refractivity contribution in [2.75, 3.05) is 34.4 Å².